The second kappa shape index (κ2) is 9.42. The predicted molar refractivity (Wildman–Crippen MR) is 143 cm³/mol. The first-order chi connectivity index (χ1) is 17.4. The number of carbonyl (C=O) groups excluding carboxylic acids is 2. The van der Waals surface area contributed by atoms with Crippen LogP contribution in [0.4, 0.5) is 5.69 Å². The lowest BCUT2D eigenvalue weighted by Gasteiger charge is -2.32. The molecule has 0 atom stereocenters. The van der Waals surface area contributed by atoms with Crippen molar-refractivity contribution in [3.8, 4) is 0 Å². The molecule has 0 unspecified atom stereocenters. The Balaban J connectivity index is 1.49. The first-order valence-electron chi connectivity index (χ1n) is 12.1. The number of amides is 1. The second-order valence-electron chi connectivity index (χ2n) is 9.63. The molecule has 0 spiro atoms. The number of hydrogen-bond acceptors (Lipinski definition) is 4. The Kier molecular flexibility index (Phi) is 6.15. The van der Waals surface area contributed by atoms with Crippen LogP contribution in [-0.2, 0) is 10.2 Å². The minimum absolute atomic E-state index is 0.0468. The molecule has 1 aliphatic rings. The number of rotatable bonds is 5. The summed E-state index contributed by atoms with van der Waals surface area (Å²) in [5.74, 6) is -0.588. The van der Waals surface area contributed by atoms with Crippen LogP contribution in [0.1, 0.15) is 64.6 Å². The number of pyridine rings is 1. The van der Waals surface area contributed by atoms with Crippen LogP contribution in [-0.4, -0.2) is 23.5 Å². The summed E-state index contributed by atoms with van der Waals surface area (Å²) in [5, 5.41) is 5.17. The van der Waals surface area contributed by atoms with Crippen LogP contribution in [0.5, 0.6) is 0 Å². The third-order valence-corrected chi connectivity index (χ3v) is 6.73. The molecule has 1 heterocycles. The zero-order valence-corrected chi connectivity index (χ0v) is 20.7. The van der Waals surface area contributed by atoms with Crippen LogP contribution in [0.15, 0.2) is 85.2 Å². The summed E-state index contributed by atoms with van der Waals surface area (Å²) < 4.78 is 5.03. The number of ether oxygens (including phenoxy) is 1. The van der Waals surface area contributed by atoms with E-state index in [4.69, 9.17) is 4.74 Å². The number of benzene rings is 3. The number of nitrogens with one attached hydrogen (secondary N) is 1. The van der Waals surface area contributed by atoms with Crippen LogP contribution in [0.25, 0.3) is 16.3 Å². The molecular weight excluding hydrogens is 448 g/mol. The Hall–Kier alpha value is -4.25. The average molecular weight is 477 g/mol. The molecule has 0 bridgehead atoms. The highest BCUT2D eigenvalue weighted by molar-refractivity contribution is 6.06. The minimum Gasteiger partial charge on any atom is -0.462 e. The van der Waals surface area contributed by atoms with Gasteiger partial charge in [0.25, 0.3) is 5.91 Å². The molecule has 0 radical (unpaired) electrons. The zero-order valence-electron chi connectivity index (χ0n) is 20.7. The summed E-state index contributed by atoms with van der Waals surface area (Å²) in [7, 11) is 0. The molecule has 36 heavy (non-hydrogen) atoms. The quantitative estimate of drug-likeness (QED) is 0.323. The van der Waals surface area contributed by atoms with E-state index in [0.717, 1.165) is 33.9 Å². The van der Waals surface area contributed by atoms with Crippen molar-refractivity contribution in [3.05, 3.63) is 113 Å². The van der Waals surface area contributed by atoms with Gasteiger partial charge in [0.1, 0.15) is 0 Å². The first kappa shape index (κ1) is 23.5. The molecule has 1 aromatic heterocycles. The van der Waals surface area contributed by atoms with Gasteiger partial charge in [-0.2, -0.15) is 0 Å². The molecule has 1 aliphatic carbocycles. The van der Waals surface area contributed by atoms with Crippen molar-refractivity contribution in [2.24, 2.45) is 0 Å². The first-order valence-corrected chi connectivity index (χ1v) is 12.1. The molecule has 3 aromatic carbocycles. The topological polar surface area (TPSA) is 68.3 Å². The molecule has 5 heteroatoms. The van der Waals surface area contributed by atoms with Gasteiger partial charge in [0.2, 0.25) is 0 Å². The van der Waals surface area contributed by atoms with E-state index in [0.29, 0.717) is 23.4 Å². The van der Waals surface area contributed by atoms with E-state index in [2.05, 4.69) is 48.4 Å². The molecule has 4 aromatic rings. The van der Waals surface area contributed by atoms with E-state index >= 15 is 0 Å². The molecule has 0 saturated heterocycles. The van der Waals surface area contributed by atoms with Crippen LogP contribution in [0.3, 0.4) is 0 Å². The van der Waals surface area contributed by atoms with E-state index in [1.165, 1.54) is 5.56 Å². The predicted octanol–water partition coefficient (Wildman–Crippen LogP) is 6.78. The van der Waals surface area contributed by atoms with Gasteiger partial charge in [0.15, 0.2) is 0 Å². The number of carbonyl (C=O) groups is 2. The highest BCUT2D eigenvalue weighted by atomic mass is 16.5. The number of fused-ring (bicyclic) bond motifs is 2. The fourth-order valence-electron chi connectivity index (χ4n) is 4.77. The molecule has 5 rings (SSSR count). The van der Waals surface area contributed by atoms with Gasteiger partial charge in [0.05, 0.1) is 12.2 Å². The average Bonchev–Trinajstić information content (AvgIpc) is 2.89. The normalized spacial score (nSPS) is 14.0. The second-order valence-corrected chi connectivity index (χ2v) is 9.63. The highest BCUT2D eigenvalue weighted by Crippen LogP contribution is 2.43. The molecule has 0 aliphatic heterocycles. The lowest BCUT2D eigenvalue weighted by Crippen LogP contribution is -2.23. The lowest BCUT2D eigenvalue weighted by molar-refractivity contribution is 0.0526. The summed E-state index contributed by atoms with van der Waals surface area (Å²) in [6.07, 6.45) is 6.96. The van der Waals surface area contributed by atoms with Crippen LogP contribution < -0.4 is 5.32 Å². The summed E-state index contributed by atoms with van der Waals surface area (Å²) >= 11 is 0. The standard InChI is InChI=1S/C31H28N2O3/c1-4-36-30(35)20-9-12-23(13-10-20)33-29(34)21-11-14-28-26(17-21)25(15-16-31(28,2)3)27-19-32-18-22-7-5-6-8-24(22)27/h5-15,17-19H,4,16H2,1-3H3,(H,33,34). The summed E-state index contributed by atoms with van der Waals surface area (Å²) in [6, 6.07) is 20.9. The van der Waals surface area contributed by atoms with Crippen LogP contribution in [0, 0.1) is 0 Å². The third kappa shape index (κ3) is 4.40. The van der Waals surface area contributed by atoms with Crippen molar-refractivity contribution in [1.29, 1.82) is 0 Å². The van der Waals surface area contributed by atoms with Crippen molar-refractivity contribution >= 4 is 33.9 Å². The largest absolute Gasteiger partial charge is 0.462 e. The Morgan fingerprint density at radius 1 is 0.944 bits per heavy atom. The molecule has 180 valence electrons. The van der Waals surface area contributed by atoms with Crippen molar-refractivity contribution < 1.29 is 14.3 Å². The van der Waals surface area contributed by atoms with Crippen LogP contribution in [0.2, 0.25) is 0 Å². The zero-order chi connectivity index (χ0) is 25.3. The minimum atomic E-state index is -0.380. The number of nitrogens with zero attached hydrogens (tertiary/aromatic N) is 1. The van der Waals surface area contributed by atoms with Gasteiger partial charge in [0, 0.05) is 34.6 Å². The third-order valence-electron chi connectivity index (χ3n) is 6.73. The molecule has 0 fully saturated rings. The summed E-state index contributed by atoms with van der Waals surface area (Å²) in [4.78, 5) is 29.6. The van der Waals surface area contributed by atoms with Gasteiger partial charge < -0.3 is 10.1 Å². The molecule has 0 saturated carbocycles. The molecule has 1 amide bonds. The van der Waals surface area contributed by atoms with Gasteiger partial charge in [-0.15, -0.1) is 0 Å². The van der Waals surface area contributed by atoms with E-state index in [-0.39, 0.29) is 17.3 Å². The van der Waals surface area contributed by atoms with Crippen molar-refractivity contribution in [2.75, 3.05) is 11.9 Å². The number of anilines is 1. The van der Waals surface area contributed by atoms with Gasteiger partial charge >= 0.3 is 5.97 Å². The smallest absolute Gasteiger partial charge is 0.338 e. The van der Waals surface area contributed by atoms with E-state index < -0.39 is 0 Å². The van der Waals surface area contributed by atoms with Crippen molar-refractivity contribution in [3.63, 3.8) is 0 Å². The maximum Gasteiger partial charge on any atom is 0.338 e. The number of allylic oxidation sites excluding steroid dienone is 1. The SMILES string of the molecule is CCOC(=O)c1ccc(NC(=O)c2ccc3c(c2)C(c2cncc4ccccc24)=CCC3(C)C)cc1. The monoisotopic (exact) mass is 476 g/mol. The number of aromatic nitrogens is 1. The van der Waals surface area contributed by atoms with E-state index in [1.807, 2.05) is 36.7 Å². The maximum atomic E-state index is 13.2. The number of hydrogen-bond donors (Lipinski definition) is 1. The van der Waals surface area contributed by atoms with Gasteiger partial charge in [-0.3, -0.25) is 9.78 Å². The fraction of sp³-hybridized carbons (Fsp3) is 0.194. The maximum absolute atomic E-state index is 13.2. The van der Waals surface area contributed by atoms with Crippen molar-refractivity contribution in [2.45, 2.75) is 32.6 Å². The van der Waals surface area contributed by atoms with E-state index in [9.17, 15) is 9.59 Å². The summed E-state index contributed by atoms with van der Waals surface area (Å²) in [5.41, 5.74) is 6.01. The Labute approximate surface area is 210 Å². The van der Waals surface area contributed by atoms with Crippen molar-refractivity contribution in [1.82, 2.24) is 4.98 Å². The lowest BCUT2D eigenvalue weighted by atomic mass is 9.71. The number of esters is 1. The Morgan fingerprint density at radius 3 is 2.47 bits per heavy atom. The Morgan fingerprint density at radius 2 is 1.69 bits per heavy atom. The molecular formula is C31H28N2O3. The highest BCUT2D eigenvalue weighted by Gasteiger charge is 2.30. The molecule has 1 N–H and O–H groups in total. The van der Waals surface area contributed by atoms with Gasteiger partial charge in [-0.25, -0.2) is 4.79 Å². The Bertz CT molecular complexity index is 1500. The van der Waals surface area contributed by atoms with E-state index in [1.54, 1.807) is 31.2 Å². The van der Waals surface area contributed by atoms with Crippen LogP contribution >= 0.6 is 0 Å². The summed E-state index contributed by atoms with van der Waals surface area (Å²) in [6.45, 7) is 6.54. The molecule has 5 nitrogen and oxygen atoms in total. The fourth-order valence-corrected chi connectivity index (χ4v) is 4.77. The van der Waals surface area contributed by atoms with Gasteiger partial charge in [-0.05, 0) is 77.2 Å². The van der Waals surface area contributed by atoms with Gasteiger partial charge in [-0.1, -0.05) is 50.3 Å².